The van der Waals surface area contributed by atoms with Gasteiger partial charge in [-0.1, -0.05) is 12.2 Å². The van der Waals surface area contributed by atoms with Crippen LogP contribution in [0.5, 0.6) is 0 Å². The summed E-state index contributed by atoms with van der Waals surface area (Å²) in [4.78, 5) is 10.2. The van der Waals surface area contributed by atoms with Crippen LogP contribution < -0.4 is 5.73 Å². The highest BCUT2D eigenvalue weighted by atomic mass is 16.4. The first-order valence-corrected chi connectivity index (χ1v) is 3.12. The van der Waals surface area contributed by atoms with Crippen molar-refractivity contribution in [3.63, 3.8) is 0 Å². The highest BCUT2D eigenvalue weighted by molar-refractivity contribution is 5.68. The number of hydrogen-bond donors (Lipinski definition) is 2. The number of hydrogen-bond acceptors (Lipinski definition) is 2. The maximum absolute atomic E-state index is 10.2. The lowest BCUT2D eigenvalue weighted by atomic mass is 9.99. The monoisotopic (exact) mass is 143 g/mol. The van der Waals surface area contributed by atoms with Crippen molar-refractivity contribution in [2.45, 2.75) is 25.8 Å². The molecule has 0 heterocycles. The van der Waals surface area contributed by atoms with Gasteiger partial charge in [-0.2, -0.15) is 0 Å². The molecule has 10 heavy (non-hydrogen) atoms. The molecule has 0 aliphatic rings. The minimum Gasteiger partial charge on any atom is -0.481 e. The van der Waals surface area contributed by atoms with Gasteiger partial charge in [-0.15, -0.1) is 0 Å². The van der Waals surface area contributed by atoms with Crippen molar-refractivity contribution < 1.29 is 9.90 Å². The molecule has 0 bridgehead atoms. The topological polar surface area (TPSA) is 63.3 Å². The molecule has 3 nitrogen and oxygen atoms in total. The predicted molar refractivity (Wildman–Crippen MR) is 39.7 cm³/mol. The smallest absolute Gasteiger partial charge is 0.305 e. The van der Waals surface area contributed by atoms with Gasteiger partial charge in [0.2, 0.25) is 0 Å². The molecule has 0 aromatic heterocycles. The Morgan fingerprint density at radius 1 is 1.80 bits per heavy atom. The molecule has 1 atom stereocenters. The largest absolute Gasteiger partial charge is 0.481 e. The Kier molecular flexibility index (Phi) is 3.09. The van der Waals surface area contributed by atoms with Crippen LogP contribution in [-0.2, 0) is 4.79 Å². The van der Waals surface area contributed by atoms with E-state index in [2.05, 4.69) is 0 Å². The van der Waals surface area contributed by atoms with Crippen LogP contribution >= 0.6 is 0 Å². The second-order valence-corrected chi connectivity index (χ2v) is 2.58. The zero-order chi connectivity index (χ0) is 8.20. The number of carboxylic acids is 1. The summed E-state index contributed by atoms with van der Waals surface area (Å²) in [6.45, 7) is 3.49. The third kappa shape index (κ3) is 4.09. The first kappa shape index (κ1) is 9.17. The van der Waals surface area contributed by atoms with Gasteiger partial charge >= 0.3 is 5.97 Å². The number of nitrogens with two attached hydrogens (primary N) is 1. The van der Waals surface area contributed by atoms with Crippen molar-refractivity contribution >= 4 is 5.97 Å². The number of carboxylic acid groups (broad SMARTS) is 1. The first-order chi connectivity index (χ1) is 4.48. The lowest BCUT2D eigenvalue weighted by Crippen LogP contribution is -2.36. The molecule has 0 aliphatic carbocycles. The summed E-state index contributed by atoms with van der Waals surface area (Å²) in [6.07, 6.45) is 3.40. The highest BCUT2D eigenvalue weighted by Crippen LogP contribution is 2.06. The van der Waals surface area contributed by atoms with Crippen LogP contribution in [0.1, 0.15) is 20.3 Å². The van der Waals surface area contributed by atoms with Gasteiger partial charge in [0.15, 0.2) is 0 Å². The van der Waals surface area contributed by atoms with Crippen LogP contribution in [0.3, 0.4) is 0 Å². The number of aliphatic carboxylic acids is 1. The Balaban J connectivity index is 3.99. The van der Waals surface area contributed by atoms with Crippen LogP contribution in [0.15, 0.2) is 12.2 Å². The Morgan fingerprint density at radius 2 is 2.30 bits per heavy atom. The van der Waals surface area contributed by atoms with Gasteiger partial charge in [-0.25, -0.2) is 0 Å². The maximum Gasteiger partial charge on any atom is 0.305 e. The Hall–Kier alpha value is -0.830. The van der Waals surface area contributed by atoms with Crippen LogP contribution in [0.25, 0.3) is 0 Å². The van der Waals surface area contributed by atoms with Crippen LogP contribution in [0.4, 0.5) is 0 Å². The molecule has 0 radical (unpaired) electrons. The van der Waals surface area contributed by atoms with Gasteiger partial charge in [-0.05, 0) is 13.8 Å². The summed E-state index contributed by atoms with van der Waals surface area (Å²) in [6, 6.07) is 0. The quantitative estimate of drug-likeness (QED) is 0.573. The standard InChI is InChI=1S/C7H13NO2/c1-3-4-7(2,8)5-6(9)10/h3-4H,5,8H2,1-2H3,(H,9,10)/b4-3+. The molecule has 0 rings (SSSR count). The van der Waals surface area contributed by atoms with Crippen LogP contribution in [0.2, 0.25) is 0 Å². The average Bonchev–Trinajstić information content (AvgIpc) is 1.59. The van der Waals surface area contributed by atoms with Crippen molar-refractivity contribution in [2.75, 3.05) is 0 Å². The van der Waals surface area contributed by atoms with E-state index in [4.69, 9.17) is 10.8 Å². The van der Waals surface area contributed by atoms with Crippen molar-refractivity contribution in [3.8, 4) is 0 Å². The lowest BCUT2D eigenvalue weighted by Gasteiger charge is -2.16. The van der Waals surface area contributed by atoms with Crippen molar-refractivity contribution in [1.29, 1.82) is 0 Å². The van der Waals surface area contributed by atoms with E-state index in [9.17, 15) is 4.79 Å². The zero-order valence-electron chi connectivity index (χ0n) is 6.29. The molecule has 0 aromatic rings. The minimum atomic E-state index is -0.872. The first-order valence-electron chi connectivity index (χ1n) is 3.12. The molecular formula is C7H13NO2. The summed E-state index contributed by atoms with van der Waals surface area (Å²) in [7, 11) is 0. The molecule has 0 saturated heterocycles. The van der Waals surface area contributed by atoms with Crippen molar-refractivity contribution in [1.82, 2.24) is 0 Å². The van der Waals surface area contributed by atoms with Gasteiger partial charge < -0.3 is 10.8 Å². The predicted octanol–water partition coefficient (Wildman–Crippen LogP) is 0.755. The third-order valence-electron chi connectivity index (χ3n) is 1.08. The molecule has 58 valence electrons. The molecule has 0 aromatic carbocycles. The van der Waals surface area contributed by atoms with Crippen LogP contribution in [-0.4, -0.2) is 16.6 Å². The molecule has 3 heteroatoms. The third-order valence-corrected chi connectivity index (χ3v) is 1.08. The molecule has 3 N–H and O–H groups in total. The van der Waals surface area contributed by atoms with Gasteiger partial charge in [0, 0.05) is 5.54 Å². The Morgan fingerprint density at radius 3 is 2.60 bits per heavy atom. The Bertz CT molecular complexity index is 150. The van der Waals surface area contributed by atoms with E-state index in [1.54, 1.807) is 19.1 Å². The molecule has 0 aliphatic heterocycles. The van der Waals surface area contributed by atoms with E-state index < -0.39 is 11.5 Å². The van der Waals surface area contributed by atoms with E-state index in [0.717, 1.165) is 0 Å². The van der Waals surface area contributed by atoms with E-state index in [1.807, 2.05) is 6.92 Å². The average molecular weight is 143 g/mol. The summed E-state index contributed by atoms with van der Waals surface area (Å²) < 4.78 is 0. The molecular weight excluding hydrogens is 130 g/mol. The van der Waals surface area contributed by atoms with E-state index >= 15 is 0 Å². The highest BCUT2D eigenvalue weighted by Gasteiger charge is 2.17. The molecule has 0 saturated carbocycles. The number of allylic oxidation sites excluding steroid dienone is 1. The minimum absolute atomic E-state index is 0.0304. The Labute approximate surface area is 60.5 Å². The summed E-state index contributed by atoms with van der Waals surface area (Å²) in [5.74, 6) is -0.872. The summed E-state index contributed by atoms with van der Waals surface area (Å²) >= 11 is 0. The number of carbonyl (C=O) groups is 1. The molecule has 1 unspecified atom stereocenters. The van der Waals surface area contributed by atoms with Crippen molar-refractivity contribution in [3.05, 3.63) is 12.2 Å². The van der Waals surface area contributed by atoms with Crippen LogP contribution in [0, 0.1) is 0 Å². The lowest BCUT2D eigenvalue weighted by molar-refractivity contribution is -0.137. The fourth-order valence-electron chi connectivity index (χ4n) is 0.766. The maximum atomic E-state index is 10.2. The zero-order valence-corrected chi connectivity index (χ0v) is 6.29. The van der Waals surface area contributed by atoms with E-state index in [-0.39, 0.29) is 6.42 Å². The summed E-state index contributed by atoms with van der Waals surface area (Å²) in [5.41, 5.74) is 4.85. The number of rotatable bonds is 3. The molecule has 0 spiro atoms. The fourth-order valence-corrected chi connectivity index (χ4v) is 0.766. The normalized spacial score (nSPS) is 17.1. The van der Waals surface area contributed by atoms with E-state index in [1.165, 1.54) is 0 Å². The second kappa shape index (κ2) is 3.37. The SMILES string of the molecule is C/C=C/C(C)(N)CC(=O)O. The van der Waals surface area contributed by atoms with Gasteiger partial charge in [-0.3, -0.25) is 4.79 Å². The summed E-state index contributed by atoms with van der Waals surface area (Å²) in [5, 5.41) is 8.36. The van der Waals surface area contributed by atoms with Gasteiger partial charge in [0.1, 0.15) is 0 Å². The van der Waals surface area contributed by atoms with Gasteiger partial charge in [0.05, 0.1) is 6.42 Å². The van der Waals surface area contributed by atoms with E-state index in [0.29, 0.717) is 0 Å². The molecule has 0 amide bonds. The van der Waals surface area contributed by atoms with Crippen molar-refractivity contribution in [2.24, 2.45) is 5.73 Å². The fraction of sp³-hybridized carbons (Fsp3) is 0.571. The molecule has 0 fully saturated rings. The van der Waals surface area contributed by atoms with Gasteiger partial charge in [0.25, 0.3) is 0 Å². The second-order valence-electron chi connectivity index (χ2n) is 2.58.